The lowest BCUT2D eigenvalue weighted by molar-refractivity contribution is -0.117. The molecule has 0 aliphatic carbocycles. The molecule has 6 nitrogen and oxygen atoms in total. The molecule has 1 aromatic heterocycles. The molecule has 1 saturated heterocycles. The number of carbonyl (C=O) groups excluding carboxylic acids is 2. The van der Waals surface area contributed by atoms with Gasteiger partial charge in [-0.2, -0.15) is 0 Å². The van der Waals surface area contributed by atoms with Crippen LogP contribution in [0.4, 0.5) is 5.95 Å². The molecule has 1 amide bonds. The summed E-state index contributed by atoms with van der Waals surface area (Å²) in [6.45, 7) is 3.87. The lowest BCUT2D eigenvalue weighted by atomic mass is 10.0. The van der Waals surface area contributed by atoms with Crippen LogP contribution in [-0.2, 0) is 4.79 Å². The Morgan fingerprint density at radius 3 is 2.28 bits per heavy atom. The fourth-order valence-corrected chi connectivity index (χ4v) is 3.91. The van der Waals surface area contributed by atoms with Gasteiger partial charge in [0.25, 0.3) is 5.91 Å². The van der Waals surface area contributed by atoms with Crippen LogP contribution in [0.15, 0.2) is 60.8 Å². The quantitative estimate of drug-likeness (QED) is 0.534. The Morgan fingerprint density at radius 1 is 0.938 bits per heavy atom. The van der Waals surface area contributed by atoms with Crippen molar-refractivity contribution in [1.29, 1.82) is 0 Å². The summed E-state index contributed by atoms with van der Waals surface area (Å²) in [6, 6.07) is 18.3. The van der Waals surface area contributed by atoms with Crippen molar-refractivity contribution in [1.82, 2.24) is 15.3 Å². The van der Waals surface area contributed by atoms with Crippen LogP contribution in [-0.4, -0.2) is 41.3 Å². The summed E-state index contributed by atoms with van der Waals surface area (Å²) < 4.78 is 0. The van der Waals surface area contributed by atoms with E-state index in [1.807, 2.05) is 30.3 Å². The Balaban J connectivity index is 1.62. The van der Waals surface area contributed by atoms with Crippen LogP contribution in [0.3, 0.4) is 0 Å². The van der Waals surface area contributed by atoms with Crippen LogP contribution in [0.5, 0.6) is 0 Å². The number of aromatic nitrogens is 2. The molecular formula is C26H28N4O2. The van der Waals surface area contributed by atoms with E-state index in [2.05, 4.69) is 39.5 Å². The molecule has 1 N–H and O–H groups in total. The Bertz CT molecular complexity index is 1070. The Morgan fingerprint density at radius 2 is 1.59 bits per heavy atom. The van der Waals surface area contributed by atoms with E-state index in [0.29, 0.717) is 36.6 Å². The Labute approximate surface area is 188 Å². The molecule has 164 valence electrons. The van der Waals surface area contributed by atoms with Crippen LogP contribution in [0.2, 0.25) is 0 Å². The lowest BCUT2D eigenvalue weighted by Gasteiger charge is -2.17. The first kappa shape index (κ1) is 21.7. The number of hydrogen-bond donors (Lipinski definition) is 1. The van der Waals surface area contributed by atoms with Crippen LogP contribution in [0.1, 0.15) is 43.0 Å². The number of nitrogens with one attached hydrogen (secondary N) is 1. The van der Waals surface area contributed by atoms with Gasteiger partial charge in [-0.3, -0.25) is 4.79 Å². The van der Waals surface area contributed by atoms with E-state index >= 15 is 0 Å². The fraction of sp³-hybridized carbons (Fsp3) is 0.308. The Hall–Kier alpha value is -3.54. The summed E-state index contributed by atoms with van der Waals surface area (Å²) in [4.78, 5) is 35.5. The smallest absolute Gasteiger partial charge is 0.255 e. The van der Waals surface area contributed by atoms with Gasteiger partial charge in [-0.05, 0) is 37.3 Å². The van der Waals surface area contributed by atoms with E-state index in [0.717, 1.165) is 42.6 Å². The molecule has 3 aromatic rings. The predicted octanol–water partition coefficient (Wildman–Crippen LogP) is 4.51. The molecule has 2 aromatic carbocycles. The summed E-state index contributed by atoms with van der Waals surface area (Å²) in [5.41, 5.74) is 4.21. The second-order valence-electron chi connectivity index (χ2n) is 8.13. The summed E-state index contributed by atoms with van der Waals surface area (Å²) >= 11 is 0. The SMILES string of the molecule is CC(=O)CCCNC(=O)c1cnc(N2CCCC2)nc1-c1ccc(-c2ccccc2)cc1. The largest absolute Gasteiger partial charge is 0.352 e. The maximum atomic E-state index is 12.9. The van der Waals surface area contributed by atoms with Gasteiger partial charge in [-0.25, -0.2) is 9.97 Å². The number of anilines is 1. The van der Waals surface area contributed by atoms with Gasteiger partial charge in [0.05, 0.1) is 11.3 Å². The third-order valence-electron chi connectivity index (χ3n) is 5.67. The van der Waals surface area contributed by atoms with Crippen LogP contribution in [0.25, 0.3) is 22.4 Å². The van der Waals surface area contributed by atoms with Gasteiger partial charge >= 0.3 is 0 Å². The normalized spacial score (nSPS) is 13.2. The van der Waals surface area contributed by atoms with E-state index in [4.69, 9.17) is 4.98 Å². The third kappa shape index (κ3) is 5.19. The van der Waals surface area contributed by atoms with Crippen molar-refractivity contribution in [2.24, 2.45) is 0 Å². The third-order valence-corrected chi connectivity index (χ3v) is 5.67. The monoisotopic (exact) mass is 428 g/mol. The van der Waals surface area contributed by atoms with Crippen molar-refractivity contribution in [2.45, 2.75) is 32.6 Å². The second kappa shape index (κ2) is 10.2. The van der Waals surface area contributed by atoms with Crippen LogP contribution in [0, 0.1) is 0 Å². The number of benzene rings is 2. The number of amides is 1. The standard InChI is InChI=1S/C26H28N4O2/c1-19(31)8-7-15-27-25(32)23-18-28-26(30-16-5-6-17-30)29-24(23)22-13-11-21(12-14-22)20-9-3-2-4-10-20/h2-4,9-14,18H,5-8,15-17H2,1H3,(H,27,32). The molecule has 0 unspecified atom stereocenters. The van der Waals surface area contributed by atoms with Crippen molar-refractivity contribution in [2.75, 3.05) is 24.5 Å². The molecular weight excluding hydrogens is 400 g/mol. The summed E-state index contributed by atoms with van der Waals surface area (Å²) in [5, 5.41) is 2.91. The van der Waals surface area contributed by atoms with Crippen molar-refractivity contribution < 1.29 is 9.59 Å². The van der Waals surface area contributed by atoms with Crippen LogP contribution < -0.4 is 10.2 Å². The van der Waals surface area contributed by atoms with E-state index in [1.54, 1.807) is 13.1 Å². The van der Waals surface area contributed by atoms with Gasteiger partial charge < -0.3 is 15.0 Å². The number of nitrogens with zero attached hydrogens (tertiary/aromatic N) is 3. The maximum Gasteiger partial charge on any atom is 0.255 e. The highest BCUT2D eigenvalue weighted by Gasteiger charge is 2.20. The minimum absolute atomic E-state index is 0.122. The lowest BCUT2D eigenvalue weighted by Crippen LogP contribution is -2.27. The molecule has 4 rings (SSSR count). The number of rotatable bonds is 8. The van der Waals surface area contributed by atoms with Gasteiger partial charge in [0, 0.05) is 37.8 Å². The summed E-state index contributed by atoms with van der Waals surface area (Å²) in [7, 11) is 0. The van der Waals surface area contributed by atoms with Crippen molar-refractivity contribution in [3.05, 3.63) is 66.4 Å². The highest BCUT2D eigenvalue weighted by Crippen LogP contribution is 2.28. The molecule has 1 aliphatic heterocycles. The summed E-state index contributed by atoms with van der Waals surface area (Å²) in [6.07, 6.45) is 4.96. The van der Waals surface area contributed by atoms with Gasteiger partial charge in [-0.1, -0.05) is 54.6 Å². The fourth-order valence-electron chi connectivity index (χ4n) is 3.91. The number of ketones is 1. The van der Waals surface area contributed by atoms with Crippen LogP contribution >= 0.6 is 0 Å². The number of Topliss-reactive ketones (excluding diaryl/α,β-unsaturated/α-hetero) is 1. The number of carbonyl (C=O) groups is 2. The minimum atomic E-state index is -0.219. The minimum Gasteiger partial charge on any atom is -0.352 e. The second-order valence-corrected chi connectivity index (χ2v) is 8.13. The molecule has 0 radical (unpaired) electrons. The zero-order valence-electron chi connectivity index (χ0n) is 18.4. The highest BCUT2D eigenvalue weighted by atomic mass is 16.1. The first-order valence-electron chi connectivity index (χ1n) is 11.2. The van der Waals surface area contributed by atoms with E-state index in [1.165, 1.54) is 0 Å². The molecule has 1 aliphatic rings. The zero-order chi connectivity index (χ0) is 22.3. The van der Waals surface area contributed by atoms with E-state index in [-0.39, 0.29) is 11.7 Å². The first-order valence-corrected chi connectivity index (χ1v) is 11.2. The number of hydrogen-bond acceptors (Lipinski definition) is 5. The zero-order valence-corrected chi connectivity index (χ0v) is 18.4. The molecule has 0 atom stereocenters. The predicted molar refractivity (Wildman–Crippen MR) is 127 cm³/mol. The average molecular weight is 429 g/mol. The van der Waals surface area contributed by atoms with Crippen molar-refractivity contribution >= 4 is 17.6 Å². The molecule has 0 saturated carbocycles. The van der Waals surface area contributed by atoms with Crippen molar-refractivity contribution in [3.8, 4) is 22.4 Å². The van der Waals surface area contributed by atoms with Gasteiger partial charge in [-0.15, -0.1) is 0 Å². The van der Waals surface area contributed by atoms with Gasteiger partial charge in [0.1, 0.15) is 5.78 Å². The molecule has 6 heteroatoms. The molecule has 32 heavy (non-hydrogen) atoms. The summed E-state index contributed by atoms with van der Waals surface area (Å²) in [5.74, 6) is 0.568. The highest BCUT2D eigenvalue weighted by molar-refractivity contribution is 6.00. The molecule has 0 spiro atoms. The average Bonchev–Trinajstić information content (AvgIpc) is 3.37. The van der Waals surface area contributed by atoms with E-state index in [9.17, 15) is 9.59 Å². The molecule has 0 bridgehead atoms. The van der Waals surface area contributed by atoms with Gasteiger partial charge in [0.2, 0.25) is 5.95 Å². The van der Waals surface area contributed by atoms with E-state index < -0.39 is 0 Å². The van der Waals surface area contributed by atoms with Crippen molar-refractivity contribution in [3.63, 3.8) is 0 Å². The molecule has 1 fully saturated rings. The Kier molecular flexibility index (Phi) is 6.90. The first-order chi connectivity index (χ1) is 15.6. The molecule has 2 heterocycles. The maximum absolute atomic E-state index is 12.9. The topological polar surface area (TPSA) is 75.2 Å². The van der Waals surface area contributed by atoms with Gasteiger partial charge in [0.15, 0.2) is 0 Å².